The van der Waals surface area contributed by atoms with E-state index in [4.69, 9.17) is 5.26 Å². The van der Waals surface area contributed by atoms with Crippen LogP contribution in [0, 0.1) is 22.7 Å². The highest BCUT2D eigenvalue weighted by molar-refractivity contribution is 5.17. The topological polar surface area (TPSA) is 23.8 Å². The smallest absolute Gasteiger partial charge is 0.0911 e. The van der Waals surface area contributed by atoms with E-state index in [-0.39, 0.29) is 0 Å². The van der Waals surface area contributed by atoms with E-state index in [9.17, 15) is 0 Å². The van der Waals surface area contributed by atoms with Crippen molar-refractivity contribution in [3.63, 3.8) is 0 Å². The third kappa shape index (κ3) is 2.37. The summed E-state index contributed by atoms with van der Waals surface area (Å²) in [6.45, 7) is 6.84. The summed E-state index contributed by atoms with van der Waals surface area (Å²) in [5, 5.41) is 8.55. The fraction of sp³-hybridized carbons (Fsp3) is 0.727. The standard InChI is InChI=1S/C11H17N/c1-9-6-10(4-5-12)8-11(2,3)7-9/h4,9H,6-8H2,1-3H3/b10-4+. The van der Waals surface area contributed by atoms with Gasteiger partial charge in [0.05, 0.1) is 6.07 Å². The molecule has 0 spiro atoms. The highest BCUT2D eigenvalue weighted by Crippen LogP contribution is 2.40. The third-order valence-electron chi connectivity index (χ3n) is 2.49. The van der Waals surface area contributed by atoms with Crippen LogP contribution in [0.25, 0.3) is 0 Å². The van der Waals surface area contributed by atoms with Crippen LogP contribution in [0.1, 0.15) is 40.0 Å². The second kappa shape index (κ2) is 3.31. The normalized spacial score (nSPS) is 31.5. The zero-order valence-electron chi connectivity index (χ0n) is 8.22. The largest absolute Gasteiger partial charge is 0.193 e. The molecule has 0 N–H and O–H groups in total. The van der Waals surface area contributed by atoms with Gasteiger partial charge < -0.3 is 0 Å². The third-order valence-corrected chi connectivity index (χ3v) is 2.49. The monoisotopic (exact) mass is 163 g/mol. The number of hydrogen-bond donors (Lipinski definition) is 0. The molecular weight excluding hydrogens is 146 g/mol. The second-order valence-electron chi connectivity index (χ2n) is 4.79. The molecule has 1 saturated carbocycles. The fourth-order valence-electron chi connectivity index (χ4n) is 2.42. The minimum absolute atomic E-state index is 0.403. The van der Waals surface area contributed by atoms with Crippen molar-refractivity contribution in [3.8, 4) is 6.07 Å². The molecule has 1 rings (SSSR count). The van der Waals surface area contributed by atoms with Crippen molar-refractivity contribution in [1.82, 2.24) is 0 Å². The summed E-state index contributed by atoms with van der Waals surface area (Å²) in [4.78, 5) is 0. The molecule has 0 radical (unpaired) electrons. The van der Waals surface area contributed by atoms with Gasteiger partial charge in [-0.05, 0) is 30.6 Å². The number of allylic oxidation sites excluding steroid dienone is 2. The molecule has 1 unspecified atom stereocenters. The molecule has 0 bridgehead atoms. The summed E-state index contributed by atoms with van der Waals surface area (Å²) in [6.07, 6.45) is 5.25. The number of nitriles is 1. The SMILES string of the molecule is CC1C/C(=C\C#N)CC(C)(C)C1. The first-order chi connectivity index (χ1) is 5.53. The summed E-state index contributed by atoms with van der Waals surface area (Å²) >= 11 is 0. The Labute approximate surface area is 75.1 Å². The Bertz CT molecular complexity index is 230. The van der Waals surface area contributed by atoms with Gasteiger partial charge in [-0.1, -0.05) is 26.3 Å². The first-order valence-corrected chi connectivity index (χ1v) is 4.61. The van der Waals surface area contributed by atoms with Crippen LogP contribution in [0.5, 0.6) is 0 Å². The van der Waals surface area contributed by atoms with Crippen molar-refractivity contribution < 1.29 is 0 Å². The van der Waals surface area contributed by atoms with Gasteiger partial charge in [-0.25, -0.2) is 0 Å². The maximum absolute atomic E-state index is 8.55. The van der Waals surface area contributed by atoms with Crippen LogP contribution in [-0.2, 0) is 0 Å². The van der Waals surface area contributed by atoms with Crippen LogP contribution in [0.2, 0.25) is 0 Å². The Kier molecular flexibility index (Phi) is 2.57. The summed E-state index contributed by atoms with van der Waals surface area (Å²) in [7, 11) is 0. The molecule has 1 fully saturated rings. The van der Waals surface area contributed by atoms with E-state index in [2.05, 4.69) is 26.8 Å². The molecule has 1 atom stereocenters. The first kappa shape index (κ1) is 9.32. The van der Waals surface area contributed by atoms with E-state index in [1.807, 2.05) is 0 Å². The minimum atomic E-state index is 0.403. The number of nitrogens with zero attached hydrogens (tertiary/aromatic N) is 1. The van der Waals surface area contributed by atoms with Crippen molar-refractivity contribution in [3.05, 3.63) is 11.6 Å². The summed E-state index contributed by atoms with van der Waals surface area (Å²) < 4.78 is 0. The van der Waals surface area contributed by atoms with Crippen LogP contribution < -0.4 is 0 Å². The molecule has 0 heterocycles. The lowest BCUT2D eigenvalue weighted by Crippen LogP contribution is -2.22. The van der Waals surface area contributed by atoms with Gasteiger partial charge in [0.1, 0.15) is 0 Å². The quantitative estimate of drug-likeness (QED) is 0.503. The van der Waals surface area contributed by atoms with Crippen LogP contribution in [0.4, 0.5) is 0 Å². The van der Waals surface area contributed by atoms with E-state index in [1.54, 1.807) is 6.08 Å². The van der Waals surface area contributed by atoms with E-state index < -0.39 is 0 Å². The van der Waals surface area contributed by atoms with Crippen molar-refractivity contribution in [1.29, 1.82) is 5.26 Å². The van der Waals surface area contributed by atoms with Crippen molar-refractivity contribution in [2.75, 3.05) is 0 Å². The van der Waals surface area contributed by atoms with E-state index in [0.717, 1.165) is 18.8 Å². The Hall–Kier alpha value is -0.770. The maximum Gasteiger partial charge on any atom is 0.0911 e. The molecule has 1 aliphatic rings. The van der Waals surface area contributed by atoms with Gasteiger partial charge in [0.15, 0.2) is 0 Å². The molecule has 1 aliphatic carbocycles. The van der Waals surface area contributed by atoms with Gasteiger partial charge in [0.2, 0.25) is 0 Å². The Balaban J connectivity index is 2.72. The van der Waals surface area contributed by atoms with Crippen LogP contribution in [-0.4, -0.2) is 0 Å². The highest BCUT2D eigenvalue weighted by atomic mass is 14.3. The molecule has 0 saturated heterocycles. The number of hydrogen-bond acceptors (Lipinski definition) is 1. The predicted molar refractivity (Wildman–Crippen MR) is 50.5 cm³/mol. The molecule has 1 heteroatoms. The van der Waals surface area contributed by atoms with E-state index in [0.29, 0.717) is 5.41 Å². The zero-order chi connectivity index (χ0) is 9.19. The van der Waals surface area contributed by atoms with Gasteiger partial charge in [0.25, 0.3) is 0 Å². The van der Waals surface area contributed by atoms with E-state index >= 15 is 0 Å². The molecule has 66 valence electrons. The molecule has 1 nitrogen and oxygen atoms in total. The van der Waals surface area contributed by atoms with Crippen molar-refractivity contribution >= 4 is 0 Å². The lowest BCUT2D eigenvalue weighted by molar-refractivity contribution is 0.234. The Morgan fingerprint density at radius 3 is 2.75 bits per heavy atom. The van der Waals surface area contributed by atoms with Gasteiger partial charge in [-0.3, -0.25) is 0 Å². The minimum Gasteiger partial charge on any atom is -0.193 e. The predicted octanol–water partition coefficient (Wildman–Crippen LogP) is 3.28. The average Bonchev–Trinajstić information content (AvgIpc) is 1.82. The zero-order valence-corrected chi connectivity index (χ0v) is 8.22. The maximum atomic E-state index is 8.55. The lowest BCUT2D eigenvalue weighted by atomic mass is 9.70. The van der Waals surface area contributed by atoms with Gasteiger partial charge in [0, 0.05) is 6.08 Å². The molecule has 0 aromatic rings. The molecule has 0 amide bonds. The van der Waals surface area contributed by atoms with Crippen LogP contribution in [0.15, 0.2) is 11.6 Å². The summed E-state index contributed by atoms with van der Waals surface area (Å²) in [5.41, 5.74) is 1.74. The number of rotatable bonds is 0. The highest BCUT2D eigenvalue weighted by Gasteiger charge is 2.28. The van der Waals surface area contributed by atoms with Crippen molar-refractivity contribution in [2.24, 2.45) is 11.3 Å². The Morgan fingerprint density at radius 2 is 2.25 bits per heavy atom. The summed E-state index contributed by atoms with van der Waals surface area (Å²) in [6, 6.07) is 2.13. The molecule has 0 aromatic carbocycles. The first-order valence-electron chi connectivity index (χ1n) is 4.61. The van der Waals surface area contributed by atoms with Crippen LogP contribution in [0.3, 0.4) is 0 Å². The van der Waals surface area contributed by atoms with Gasteiger partial charge in [-0.15, -0.1) is 0 Å². The van der Waals surface area contributed by atoms with Gasteiger partial charge in [-0.2, -0.15) is 5.26 Å². The molecule has 12 heavy (non-hydrogen) atoms. The lowest BCUT2D eigenvalue weighted by Gasteiger charge is -2.35. The van der Waals surface area contributed by atoms with Crippen LogP contribution >= 0.6 is 0 Å². The van der Waals surface area contributed by atoms with Gasteiger partial charge >= 0.3 is 0 Å². The fourth-order valence-corrected chi connectivity index (χ4v) is 2.42. The second-order valence-corrected chi connectivity index (χ2v) is 4.79. The van der Waals surface area contributed by atoms with E-state index in [1.165, 1.54) is 12.0 Å². The molecule has 0 aliphatic heterocycles. The Morgan fingerprint density at radius 1 is 1.58 bits per heavy atom. The molecular formula is C11H17N. The average molecular weight is 163 g/mol. The molecule has 0 aromatic heterocycles. The summed E-state index contributed by atoms with van der Waals surface area (Å²) in [5.74, 6) is 0.744. The van der Waals surface area contributed by atoms with Crippen molar-refractivity contribution in [2.45, 2.75) is 40.0 Å².